The highest BCUT2D eigenvalue weighted by atomic mass is 79.9. The summed E-state index contributed by atoms with van der Waals surface area (Å²) in [5, 5.41) is 17.3. The van der Waals surface area contributed by atoms with Crippen LogP contribution < -0.4 is 0 Å². The first-order valence-electron chi connectivity index (χ1n) is 4.05. The second kappa shape index (κ2) is 4.99. The number of nitrogens with zero attached hydrogens (tertiary/aromatic N) is 2. The Morgan fingerprint density at radius 3 is 2.75 bits per heavy atom. The topological polar surface area (TPSA) is 74.0 Å². The van der Waals surface area contributed by atoms with Gasteiger partial charge >= 0.3 is 5.97 Å². The first-order valence-corrected chi connectivity index (χ1v) is 4.84. The van der Waals surface area contributed by atoms with Crippen molar-refractivity contribution in [3.63, 3.8) is 0 Å². The zero-order chi connectivity index (χ0) is 12.3. The number of carboxylic acid groups (broad SMARTS) is 1. The zero-order valence-corrected chi connectivity index (χ0v) is 9.33. The molecule has 0 unspecified atom stereocenters. The minimum absolute atomic E-state index is 0.0815. The molecule has 0 saturated carbocycles. The molecule has 0 bridgehead atoms. The zero-order valence-electron chi connectivity index (χ0n) is 7.75. The fraction of sp³-hybridized carbons (Fsp3) is 0.222. The number of alkyl halides is 2. The van der Waals surface area contributed by atoms with E-state index in [1.165, 1.54) is 0 Å². The lowest BCUT2D eigenvalue weighted by atomic mass is 10.1. The molecule has 0 aliphatic heterocycles. The molecular weight excluding hydrogens is 286 g/mol. The Morgan fingerprint density at radius 1 is 1.69 bits per heavy atom. The summed E-state index contributed by atoms with van der Waals surface area (Å²) in [6.45, 7) is 0. The SMILES string of the molecule is N#Cc1c(C(F)F)cc(Br)nc1CC(=O)O. The van der Waals surface area contributed by atoms with E-state index in [1.54, 1.807) is 6.07 Å². The van der Waals surface area contributed by atoms with E-state index < -0.39 is 24.4 Å². The van der Waals surface area contributed by atoms with Gasteiger partial charge in [-0.15, -0.1) is 0 Å². The van der Waals surface area contributed by atoms with Crippen molar-refractivity contribution in [2.75, 3.05) is 0 Å². The predicted molar refractivity (Wildman–Crippen MR) is 52.9 cm³/mol. The predicted octanol–water partition coefficient (Wildman–Crippen LogP) is 2.28. The molecule has 4 nitrogen and oxygen atoms in total. The van der Waals surface area contributed by atoms with Crippen molar-refractivity contribution >= 4 is 21.9 Å². The van der Waals surface area contributed by atoms with E-state index in [0.717, 1.165) is 6.07 Å². The maximum atomic E-state index is 12.6. The van der Waals surface area contributed by atoms with Gasteiger partial charge in [0, 0.05) is 5.56 Å². The highest BCUT2D eigenvalue weighted by Crippen LogP contribution is 2.27. The molecule has 0 fully saturated rings. The summed E-state index contributed by atoms with van der Waals surface area (Å²) in [6, 6.07) is 2.56. The van der Waals surface area contributed by atoms with Crippen molar-refractivity contribution in [1.29, 1.82) is 5.26 Å². The van der Waals surface area contributed by atoms with Crippen LogP contribution in [0.15, 0.2) is 10.7 Å². The highest BCUT2D eigenvalue weighted by Gasteiger charge is 2.20. The van der Waals surface area contributed by atoms with Crippen molar-refractivity contribution in [1.82, 2.24) is 4.98 Å². The van der Waals surface area contributed by atoms with Crippen LogP contribution >= 0.6 is 15.9 Å². The van der Waals surface area contributed by atoms with Gasteiger partial charge in [0.2, 0.25) is 0 Å². The minimum atomic E-state index is -2.85. The van der Waals surface area contributed by atoms with Crippen LogP contribution in [0.2, 0.25) is 0 Å². The fourth-order valence-electron chi connectivity index (χ4n) is 1.16. The van der Waals surface area contributed by atoms with Gasteiger partial charge in [-0.05, 0) is 22.0 Å². The fourth-order valence-corrected chi connectivity index (χ4v) is 1.62. The summed E-state index contributed by atoms with van der Waals surface area (Å²) >= 11 is 2.89. The van der Waals surface area contributed by atoms with E-state index in [9.17, 15) is 13.6 Å². The van der Waals surface area contributed by atoms with Crippen LogP contribution in [0.1, 0.15) is 23.2 Å². The Kier molecular flexibility index (Phi) is 3.90. The van der Waals surface area contributed by atoms with Crippen LogP contribution in [0, 0.1) is 11.3 Å². The van der Waals surface area contributed by atoms with Crippen molar-refractivity contribution in [2.24, 2.45) is 0 Å². The van der Waals surface area contributed by atoms with Gasteiger partial charge < -0.3 is 5.11 Å². The van der Waals surface area contributed by atoms with Gasteiger partial charge in [-0.2, -0.15) is 5.26 Å². The maximum Gasteiger partial charge on any atom is 0.309 e. The first-order chi connectivity index (χ1) is 7.45. The molecule has 0 atom stereocenters. The third kappa shape index (κ3) is 2.73. The molecule has 0 amide bonds. The van der Waals surface area contributed by atoms with E-state index in [1.807, 2.05) is 0 Å². The molecular formula is C9H5BrF2N2O2. The van der Waals surface area contributed by atoms with E-state index in [0.29, 0.717) is 0 Å². The lowest BCUT2D eigenvalue weighted by molar-refractivity contribution is -0.136. The molecule has 0 spiro atoms. The van der Waals surface area contributed by atoms with Crippen molar-refractivity contribution in [3.05, 3.63) is 27.5 Å². The second-order valence-corrected chi connectivity index (χ2v) is 3.65. The number of rotatable bonds is 3. The van der Waals surface area contributed by atoms with Gasteiger partial charge in [-0.25, -0.2) is 13.8 Å². The van der Waals surface area contributed by atoms with E-state index >= 15 is 0 Å². The molecule has 1 aromatic heterocycles. The molecule has 7 heteroatoms. The lowest BCUT2D eigenvalue weighted by Gasteiger charge is -2.07. The quantitative estimate of drug-likeness (QED) is 0.867. The first kappa shape index (κ1) is 12.5. The molecule has 1 rings (SSSR count). The standard InChI is InChI=1S/C9H5BrF2N2O2/c10-7-1-4(9(11)12)5(3-13)6(14-7)2-8(15)16/h1,9H,2H2,(H,15,16). The number of carboxylic acids is 1. The number of pyridine rings is 1. The minimum Gasteiger partial charge on any atom is -0.481 e. The average molecular weight is 291 g/mol. The third-order valence-electron chi connectivity index (χ3n) is 1.76. The normalized spacial score (nSPS) is 10.2. The van der Waals surface area contributed by atoms with Gasteiger partial charge in [-0.3, -0.25) is 4.79 Å². The van der Waals surface area contributed by atoms with Crippen molar-refractivity contribution in [3.8, 4) is 6.07 Å². The van der Waals surface area contributed by atoms with E-state index in [-0.39, 0.29) is 15.9 Å². The molecule has 0 aliphatic rings. The van der Waals surface area contributed by atoms with Crippen LogP contribution in [0.4, 0.5) is 8.78 Å². The molecule has 0 aliphatic carbocycles. The van der Waals surface area contributed by atoms with Crippen LogP contribution in [0.3, 0.4) is 0 Å². The van der Waals surface area contributed by atoms with Crippen LogP contribution in [0.25, 0.3) is 0 Å². The summed E-state index contributed by atoms with van der Waals surface area (Å²) in [4.78, 5) is 14.2. The Balaban J connectivity index is 3.37. The largest absolute Gasteiger partial charge is 0.481 e. The third-order valence-corrected chi connectivity index (χ3v) is 2.17. The lowest BCUT2D eigenvalue weighted by Crippen LogP contribution is -2.07. The van der Waals surface area contributed by atoms with Crippen LogP contribution in [-0.4, -0.2) is 16.1 Å². The Bertz CT molecular complexity index is 471. The molecule has 0 saturated heterocycles. The summed E-state index contributed by atoms with van der Waals surface area (Å²) in [6.07, 6.45) is -3.41. The van der Waals surface area contributed by atoms with E-state index in [4.69, 9.17) is 10.4 Å². The van der Waals surface area contributed by atoms with Gasteiger partial charge in [0.15, 0.2) is 0 Å². The number of aromatic nitrogens is 1. The summed E-state index contributed by atoms with van der Waals surface area (Å²) < 4.78 is 25.2. The van der Waals surface area contributed by atoms with Gasteiger partial charge in [0.05, 0.1) is 17.7 Å². The van der Waals surface area contributed by atoms with Gasteiger partial charge in [0.25, 0.3) is 6.43 Å². The van der Waals surface area contributed by atoms with Crippen molar-refractivity contribution < 1.29 is 18.7 Å². The number of aliphatic carboxylic acids is 1. The summed E-state index contributed by atoms with van der Waals surface area (Å²) in [7, 11) is 0. The van der Waals surface area contributed by atoms with Gasteiger partial charge in [-0.1, -0.05) is 0 Å². The molecule has 16 heavy (non-hydrogen) atoms. The monoisotopic (exact) mass is 290 g/mol. The highest BCUT2D eigenvalue weighted by molar-refractivity contribution is 9.10. The maximum absolute atomic E-state index is 12.6. The number of hydrogen-bond donors (Lipinski definition) is 1. The number of halogens is 3. The molecule has 84 valence electrons. The number of carbonyl (C=O) groups is 1. The Morgan fingerprint density at radius 2 is 2.31 bits per heavy atom. The molecule has 1 N–H and O–H groups in total. The summed E-state index contributed by atoms with van der Waals surface area (Å²) in [5.41, 5.74) is -1.05. The summed E-state index contributed by atoms with van der Waals surface area (Å²) in [5.74, 6) is -1.23. The number of hydrogen-bond acceptors (Lipinski definition) is 3. The number of nitriles is 1. The molecule has 0 radical (unpaired) electrons. The van der Waals surface area contributed by atoms with Crippen molar-refractivity contribution in [2.45, 2.75) is 12.8 Å². The second-order valence-electron chi connectivity index (χ2n) is 2.84. The Hall–Kier alpha value is -1.55. The smallest absolute Gasteiger partial charge is 0.309 e. The molecule has 1 aromatic rings. The van der Waals surface area contributed by atoms with E-state index in [2.05, 4.69) is 20.9 Å². The van der Waals surface area contributed by atoms with Crippen LogP contribution in [0.5, 0.6) is 0 Å². The average Bonchev–Trinajstić information content (AvgIpc) is 2.15. The molecule has 1 heterocycles. The molecule has 0 aromatic carbocycles. The Labute approximate surface area is 97.7 Å². The van der Waals surface area contributed by atoms with Crippen LogP contribution in [-0.2, 0) is 11.2 Å². The van der Waals surface area contributed by atoms with Gasteiger partial charge in [0.1, 0.15) is 10.7 Å².